The molecule has 0 aliphatic rings. The lowest BCUT2D eigenvalue weighted by atomic mass is 10.2. The number of benzene rings is 2. The van der Waals surface area contributed by atoms with Gasteiger partial charge in [0, 0.05) is 28.8 Å². The van der Waals surface area contributed by atoms with Gasteiger partial charge in [-0.25, -0.2) is 4.39 Å². The Morgan fingerprint density at radius 3 is 2.75 bits per heavy atom. The van der Waals surface area contributed by atoms with E-state index in [1.54, 1.807) is 0 Å². The molecule has 0 unspecified atom stereocenters. The van der Waals surface area contributed by atoms with Crippen molar-refractivity contribution in [1.82, 2.24) is 0 Å². The maximum Gasteiger partial charge on any atom is 0.269 e. The lowest BCUT2D eigenvalue weighted by Gasteiger charge is -2.09. The molecular weight excluding hydrogens is 353 g/mol. The SMILES string of the molecule is O=[N+]([O-])c1ccc(Cl)c(COc2cc(F)ccc2Br)c1. The van der Waals surface area contributed by atoms with E-state index in [1.807, 2.05) is 0 Å². The van der Waals surface area contributed by atoms with Crippen molar-refractivity contribution in [3.63, 3.8) is 0 Å². The first kappa shape index (κ1) is 14.7. The maximum atomic E-state index is 13.1. The Morgan fingerprint density at radius 1 is 1.30 bits per heavy atom. The zero-order chi connectivity index (χ0) is 14.7. The van der Waals surface area contributed by atoms with Crippen LogP contribution in [0.1, 0.15) is 5.56 Å². The molecule has 0 aromatic heterocycles. The van der Waals surface area contributed by atoms with Crippen LogP contribution in [0.25, 0.3) is 0 Å². The predicted octanol–water partition coefficient (Wildman–Crippen LogP) is 4.73. The fraction of sp³-hybridized carbons (Fsp3) is 0.0769. The summed E-state index contributed by atoms with van der Waals surface area (Å²) in [5, 5.41) is 11.1. The van der Waals surface area contributed by atoms with E-state index in [0.29, 0.717) is 20.8 Å². The fourth-order valence-corrected chi connectivity index (χ4v) is 2.06. The van der Waals surface area contributed by atoms with E-state index >= 15 is 0 Å². The Hall–Kier alpha value is -1.66. The Balaban J connectivity index is 2.20. The van der Waals surface area contributed by atoms with E-state index in [9.17, 15) is 14.5 Å². The van der Waals surface area contributed by atoms with E-state index in [0.717, 1.165) is 0 Å². The summed E-state index contributed by atoms with van der Waals surface area (Å²) in [5.74, 6) is -0.138. The number of rotatable bonds is 4. The summed E-state index contributed by atoms with van der Waals surface area (Å²) < 4.78 is 19.1. The van der Waals surface area contributed by atoms with Crippen molar-refractivity contribution in [2.24, 2.45) is 0 Å². The second-order valence-corrected chi connectivity index (χ2v) is 5.16. The predicted molar refractivity (Wildman–Crippen MR) is 76.5 cm³/mol. The van der Waals surface area contributed by atoms with Crippen LogP contribution in [0.15, 0.2) is 40.9 Å². The molecular formula is C13H8BrClFNO3. The average molecular weight is 361 g/mol. The zero-order valence-electron chi connectivity index (χ0n) is 9.98. The molecule has 0 atom stereocenters. The van der Waals surface area contributed by atoms with Gasteiger partial charge in [0.2, 0.25) is 0 Å². The fourth-order valence-electron chi connectivity index (χ4n) is 1.53. The van der Waals surface area contributed by atoms with E-state index in [2.05, 4.69) is 15.9 Å². The number of nitro benzene ring substituents is 1. The number of hydrogen-bond acceptors (Lipinski definition) is 3. The smallest absolute Gasteiger partial charge is 0.269 e. The van der Waals surface area contributed by atoms with E-state index in [-0.39, 0.29) is 12.3 Å². The minimum Gasteiger partial charge on any atom is -0.488 e. The molecule has 104 valence electrons. The summed E-state index contributed by atoms with van der Waals surface area (Å²) in [6.45, 7) is 0.00255. The molecule has 2 rings (SSSR count). The molecule has 0 fully saturated rings. The molecule has 7 heteroatoms. The van der Waals surface area contributed by atoms with Crippen molar-refractivity contribution < 1.29 is 14.1 Å². The third kappa shape index (κ3) is 3.46. The number of ether oxygens (including phenoxy) is 1. The molecule has 2 aromatic carbocycles. The molecule has 20 heavy (non-hydrogen) atoms. The highest BCUT2D eigenvalue weighted by atomic mass is 79.9. The van der Waals surface area contributed by atoms with Gasteiger partial charge in [-0.2, -0.15) is 0 Å². The van der Waals surface area contributed by atoms with Crippen molar-refractivity contribution >= 4 is 33.2 Å². The van der Waals surface area contributed by atoms with Gasteiger partial charge in [-0.15, -0.1) is 0 Å². The summed E-state index contributed by atoms with van der Waals surface area (Å²) >= 11 is 9.18. The van der Waals surface area contributed by atoms with Gasteiger partial charge in [-0.05, 0) is 34.1 Å². The second kappa shape index (κ2) is 6.19. The molecule has 0 bridgehead atoms. The van der Waals surface area contributed by atoms with Crippen LogP contribution in [0.5, 0.6) is 5.75 Å². The summed E-state index contributed by atoms with van der Waals surface area (Å²) in [4.78, 5) is 10.2. The normalized spacial score (nSPS) is 10.3. The molecule has 4 nitrogen and oxygen atoms in total. The summed E-state index contributed by atoms with van der Waals surface area (Å²) in [6, 6.07) is 8.09. The van der Waals surface area contributed by atoms with Crippen molar-refractivity contribution in [2.45, 2.75) is 6.61 Å². The van der Waals surface area contributed by atoms with Gasteiger partial charge >= 0.3 is 0 Å². The largest absolute Gasteiger partial charge is 0.488 e. The first-order valence-electron chi connectivity index (χ1n) is 5.48. The van der Waals surface area contributed by atoms with E-state index in [1.165, 1.54) is 36.4 Å². The topological polar surface area (TPSA) is 52.4 Å². The minimum absolute atomic E-state index is 0.00255. The van der Waals surface area contributed by atoms with Crippen molar-refractivity contribution in [1.29, 1.82) is 0 Å². The van der Waals surface area contributed by atoms with Crippen LogP contribution in [0.3, 0.4) is 0 Å². The van der Waals surface area contributed by atoms with Crippen LogP contribution in [-0.4, -0.2) is 4.92 Å². The molecule has 0 saturated heterocycles. The molecule has 0 radical (unpaired) electrons. The highest BCUT2D eigenvalue weighted by molar-refractivity contribution is 9.10. The maximum absolute atomic E-state index is 13.1. The number of hydrogen-bond donors (Lipinski definition) is 0. The Labute approximate surface area is 127 Å². The van der Waals surface area contributed by atoms with Gasteiger partial charge < -0.3 is 4.74 Å². The lowest BCUT2D eigenvalue weighted by Crippen LogP contribution is -1.99. The Bertz CT molecular complexity index is 666. The van der Waals surface area contributed by atoms with Gasteiger partial charge in [0.1, 0.15) is 18.2 Å². The molecule has 0 heterocycles. The van der Waals surface area contributed by atoms with E-state index < -0.39 is 10.7 Å². The van der Waals surface area contributed by atoms with Crippen molar-refractivity contribution in [3.8, 4) is 5.75 Å². The summed E-state index contributed by atoms with van der Waals surface area (Å²) in [5.41, 5.74) is 0.378. The van der Waals surface area contributed by atoms with Gasteiger partial charge in [0.15, 0.2) is 0 Å². The van der Waals surface area contributed by atoms with Crippen molar-refractivity contribution in [2.75, 3.05) is 0 Å². The monoisotopic (exact) mass is 359 g/mol. The van der Waals surface area contributed by atoms with Crippen LogP contribution in [0, 0.1) is 15.9 Å². The lowest BCUT2D eigenvalue weighted by molar-refractivity contribution is -0.384. The molecule has 0 aliphatic heterocycles. The van der Waals surface area contributed by atoms with Gasteiger partial charge in [-0.1, -0.05) is 11.6 Å². The van der Waals surface area contributed by atoms with Crippen LogP contribution < -0.4 is 4.74 Å². The molecule has 0 saturated carbocycles. The first-order chi connectivity index (χ1) is 9.47. The number of non-ortho nitro benzene ring substituents is 1. The quantitative estimate of drug-likeness (QED) is 0.585. The highest BCUT2D eigenvalue weighted by Crippen LogP contribution is 2.28. The zero-order valence-corrected chi connectivity index (χ0v) is 12.3. The summed E-state index contributed by atoms with van der Waals surface area (Å²) in [7, 11) is 0. The molecule has 2 aromatic rings. The Kier molecular flexibility index (Phi) is 4.57. The standard InChI is InChI=1S/C13H8BrClFNO3/c14-11-3-1-9(16)6-13(11)20-7-8-5-10(17(18)19)2-4-12(8)15/h1-6H,7H2. The van der Waals surface area contributed by atoms with Gasteiger partial charge in [-0.3, -0.25) is 10.1 Å². The molecule has 0 aliphatic carbocycles. The molecule has 0 N–H and O–H groups in total. The van der Waals surface area contributed by atoms with Gasteiger partial charge in [0.25, 0.3) is 5.69 Å². The minimum atomic E-state index is -0.516. The average Bonchev–Trinajstić information content (AvgIpc) is 2.41. The van der Waals surface area contributed by atoms with E-state index in [4.69, 9.17) is 16.3 Å². The first-order valence-corrected chi connectivity index (χ1v) is 6.65. The molecule has 0 spiro atoms. The van der Waals surface area contributed by atoms with Crippen LogP contribution in [0.2, 0.25) is 5.02 Å². The second-order valence-electron chi connectivity index (χ2n) is 3.90. The number of nitrogens with zero attached hydrogens (tertiary/aromatic N) is 1. The third-order valence-corrected chi connectivity index (χ3v) is 3.54. The van der Waals surface area contributed by atoms with Gasteiger partial charge in [0.05, 0.1) is 9.40 Å². The number of nitro groups is 1. The highest BCUT2D eigenvalue weighted by Gasteiger charge is 2.11. The Morgan fingerprint density at radius 2 is 2.05 bits per heavy atom. The van der Waals surface area contributed by atoms with Crippen molar-refractivity contribution in [3.05, 3.63) is 67.4 Å². The van der Waals surface area contributed by atoms with Crippen LogP contribution in [-0.2, 0) is 6.61 Å². The molecule has 0 amide bonds. The summed E-state index contributed by atoms with van der Waals surface area (Å²) in [6.07, 6.45) is 0. The number of halogens is 3. The van der Waals surface area contributed by atoms with Crippen LogP contribution >= 0.6 is 27.5 Å². The van der Waals surface area contributed by atoms with Crippen LogP contribution in [0.4, 0.5) is 10.1 Å². The third-order valence-electron chi connectivity index (χ3n) is 2.52.